The topological polar surface area (TPSA) is 71.4 Å². The van der Waals surface area contributed by atoms with Crippen LogP contribution in [-0.4, -0.2) is 45.9 Å². The first-order valence-electron chi connectivity index (χ1n) is 6.58. The van der Waals surface area contributed by atoms with Gasteiger partial charge in [0.15, 0.2) is 0 Å². The minimum Gasteiger partial charge on any atom is -0.464 e. The Labute approximate surface area is 118 Å². The molecule has 108 valence electrons. The van der Waals surface area contributed by atoms with Crippen molar-refractivity contribution < 1.29 is 9.84 Å². The number of hydrogen-bond acceptors (Lipinski definition) is 6. The van der Waals surface area contributed by atoms with Crippen LogP contribution in [-0.2, 0) is 0 Å². The van der Waals surface area contributed by atoms with E-state index in [2.05, 4.69) is 28.8 Å². The second-order valence-corrected chi connectivity index (χ2v) is 4.35. The summed E-state index contributed by atoms with van der Waals surface area (Å²) in [7, 11) is 0. The SMILES string of the molecule is CCOc1nc(Cl)nc(N(CCO)C(CC)CC)n1. The number of aliphatic hydroxyl groups excluding tert-OH is 1. The average molecular weight is 289 g/mol. The van der Waals surface area contributed by atoms with Gasteiger partial charge in [0.2, 0.25) is 11.2 Å². The number of hydrogen-bond donors (Lipinski definition) is 1. The van der Waals surface area contributed by atoms with Crippen LogP contribution in [0.15, 0.2) is 0 Å². The summed E-state index contributed by atoms with van der Waals surface area (Å²) >= 11 is 5.89. The number of nitrogens with zero attached hydrogens (tertiary/aromatic N) is 4. The van der Waals surface area contributed by atoms with Crippen LogP contribution in [0.2, 0.25) is 5.28 Å². The Morgan fingerprint density at radius 1 is 1.21 bits per heavy atom. The molecule has 0 atom stereocenters. The molecule has 7 heteroatoms. The van der Waals surface area contributed by atoms with Crippen LogP contribution in [0.5, 0.6) is 6.01 Å². The summed E-state index contributed by atoms with van der Waals surface area (Å²) in [4.78, 5) is 14.2. The van der Waals surface area contributed by atoms with E-state index in [1.807, 2.05) is 11.8 Å². The first-order chi connectivity index (χ1) is 9.15. The lowest BCUT2D eigenvalue weighted by atomic mass is 10.1. The summed E-state index contributed by atoms with van der Waals surface area (Å²) in [6.07, 6.45) is 1.87. The van der Waals surface area contributed by atoms with E-state index < -0.39 is 0 Å². The highest BCUT2D eigenvalue weighted by Gasteiger charge is 2.19. The molecule has 19 heavy (non-hydrogen) atoms. The summed E-state index contributed by atoms with van der Waals surface area (Å²) in [6, 6.07) is 0.464. The average Bonchev–Trinajstić information content (AvgIpc) is 2.38. The van der Waals surface area contributed by atoms with Crippen molar-refractivity contribution in [2.45, 2.75) is 39.7 Å². The molecule has 0 aliphatic carbocycles. The van der Waals surface area contributed by atoms with E-state index in [1.54, 1.807) is 0 Å². The van der Waals surface area contributed by atoms with Gasteiger partial charge in [0.05, 0.1) is 13.2 Å². The van der Waals surface area contributed by atoms with Crippen molar-refractivity contribution in [2.24, 2.45) is 0 Å². The third kappa shape index (κ3) is 4.47. The number of aliphatic hydroxyl groups is 1. The van der Waals surface area contributed by atoms with E-state index >= 15 is 0 Å². The molecule has 0 unspecified atom stereocenters. The van der Waals surface area contributed by atoms with Gasteiger partial charge >= 0.3 is 6.01 Å². The van der Waals surface area contributed by atoms with Gasteiger partial charge < -0.3 is 14.7 Å². The maximum Gasteiger partial charge on any atom is 0.322 e. The minimum atomic E-state index is 0.0315. The molecule has 0 aliphatic rings. The van der Waals surface area contributed by atoms with Crippen LogP contribution in [0.3, 0.4) is 0 Å². The Bertz CT molecular complexity index is 388. The van der Waals surface area contributed by atoms with Gasteiger partial charge in [0.25, 0.3) is 0 Å². The Balaban J connectivity index is 3.06. The van der Waals surface area contributed by atoms with Crippen LogP contribution in [0.4, 0.5) is 5.95 Å². The largest absolute Gasteiger partial charge is 0.464 e. The predicted octanol–water partition coefficient (Wildman–Crippen LogP) is 1.91. The molecular weight excluding hydrogens is 268 g/mol. The fourth-order valence-corrected chi connectivity index (χ4v) is 2.08. The van der Waals surface area contributed by atoms with E-state index in [1.165, 1.54) is 0 Å². The lowest BCUT2D eigenvalue weighted by Crippen LogP contribution is -2.38. The maximum absolute atomic E-state index is 9.20. The zero-order valence-corrected chi connectivity index (χ0v) is 12.4. The maximum atomic E-state index is 9.20. The van der Waals surface area contributed by atoms with E-state index in [4.69, 9.17) is 16.3 Å². The van der Waals surface area contributed by atoms with Crippen molar-refractivity contribution in [3.8, 4) is 6.01 Å². The van der Waals surface area contributed by atoms with E-state index in [0.717, 1.165) is 12.8 Å². The Kier molecular flexibility index (Phi) is 6.80. The van der Waals surface area contributed by atoms with Gasteiger partial charge in [-0.3, -0.25) is 0 Å². The third-order valence-corrected chi connectivity index (χ3v) is 3.00. The molecule has 6 nitrogen and oxygen atoms in total. The van der Waals surface area contributed by atoms with Crippen LogP contribution >= 0.6 is 11.6 Å². The first-order valence-corrected chi connectivity index (χ1v) is 6.95. The Morgan fingerprint density at radius 2 is 1.89 bits per heavy atom. The molecule has 0 bridgehead atoms. The third-order valence-electron chi connectivity index (χ3n) is 2.83. The normalized spacial score (nSPS) is 10.8. The Hall–Kier alpha value is -1.14. The molecule has 0 saturated heterocycles. The number of ether oxygens (including phenoxy) is 1. The molecule has 0 saturated carbocycles. The zero-order valence-electron chi connectivity index (χ0n) is 11.6. The van der Waals surface area contributed by atoms with Crippen LogP contribution < -0.4 is 9.64 Å². The van der Waals surface area contributed by atoms with E-state index in [-0.39, 0.29) is 23.9 Å². The summed E-state index contributed by atoms with van der Waals surface area (Å²) in [5.74, 6) is 0.450. The molecule has 1 aromatic rings. The lowest BCUT2D eigenvalue weighted by Gasteiger charge is -2.29. The van der Waals surface area contributed by atoms with Gasteiger partial charge in [0.1, 0.15) is 0 Å². The minimum absolute atomic E-state index is 0.0315. The highest BCUT2D eigenvalue weighted by molar-refractivity contribution is 6.28. The zero-order chi connectivity index (χ0) is 14.3. The smallest absolute Gasteiger partial charge is 0.322 e. The second-order valence-electron chi connectivity index (χ2n) is 4.01. The van der Waals surface area contributed by atoms with Crippen molar-refractivity contribution in [2.75, 3.05) is 24.7 Å². The molecule has 1 heterocycles. The van der Waals surface area contributed by atoms with Crippen molar-refractivity contribution in [1.29, 1.82) is 0 Å². The summed E-state index contributed by atoms with van der Waals surface area (Å²) in [5.41, 5.74) is 0. The fraction of sp³-hybridized carbons (Fsp3) is 0.750. The molecule has 1 rings (SSSR count). The predicted molar refractivity (Wildman–Crippen MR) is 74.8 cm³/mol. The molecule has 0 aliphatic heterocycles. The lowest BCUT2D eigenvalue weighted by molar-refractivity contribution is 0.292. The monoisotopic (exact) mass is 288 g/mol. The van der Waals surface area contributed by atoms with Crippen LogP contribution in [0, 0.1) is 0 Å². The molecule has 1 aromatic heterocycles. The molecule has 0 radical (unpaired) electrons. The molecular formula is C12H21ClN4O2. The van der Waals surface area contributed by atoms with Crippen molar-refractivity contribution in [3.63, 3.8) is 0 Å². The van der Waals surface area contributed by atoms with Gasteiger partial charge in [-0.2, -0.15) is 15.0 Å². The van der Waals surface area contributed by atoms with Crippen LogP contribution in [0.1, 0.15) is 33.6 Å². The van der Waals surface area contributed by atoms with E-state index in [9.17, 15) is 5.11 Å². The summed E-state index contributed by atoms with van der Waals surface area (Å²) in [5, 5.41) is 9.30. The highest BCUT2D eigenvalue weighted by Crippen LogP contribution is 2.19. The van der Waals surface area contributed by atoms with Gasteiger partial charge in [-0.1, -0.05) is 13.8 Å². The van der Waals surface area contributed by atoms with Crippen molar-refractivity contribution in [3.05, 3.63) is 5.28 Å². The Morgan fingerprint density at radius 3 is 2.42 bits per heavy atom. The van der Waals surface area contributed by atoms with Gasteiger partial charge in [-0.15, -0.1) is 0 Å². The summed E-state index contributed by atoms with van der Waals surface area (Å²) in [6.45, 7) is 6.98. The number of rotatable bonds is 8. The standard InChI is InChI=1S/C12H21ClN4O2/c1-4-9(5-2)17(7-8-18)11-14-10(13)15-12(16-11)19-6-3/h9,18H,4-8H2,1-3H3. The van der Waals surface area contributed by atoms with Crippen molar-refractivity contribution in [1.82, 2.24) is 15.0 Å². The second kappa shape index (κ2) is 8.12. The summed E-state index contributed by atoms with van der Waals surface area (Å²) < 4.78 is 5.27. The molecule has 1 N–H and O–H groups in total. The number of anilines is 1. The highest BCUT2D eigenvalue weighted by atomic mass is 35.5. The molecule has 0 fully saturated rings. The fourth-order valence-electron chi connectivity index (χ4n) is 1.93. The van der Waals surface area contributed by atoms with Gasteiger partial charge in [-0.05, 0) is 31.4 Å². The number of aromatic nitrogens is 3. The first kappa shape index (κ1) is 15.9. The van der Waals surface area contributed by atoms with Gasteiger partial charge in [0, 0.05) is 12.6 Å². The number of halogens is 1. The van der Waals surface area contributed by atoms with Gasteiger partial charge in [-0.25, -0.2) is 0 Å². The van der Waals surface area contributed by atoms with Crippen LogP contribution in [0.25, 0.3) is 0 Å². The van der Waals surface area contributed by atoms with E-state index in [0.29, 0.717) is 19.1 Å². The molecule has 0 amide bonds. The quantitative estimate of drug-likeness (QED) is 0.788. The molecule has 0 aromatic carbocycles. The molecule has 0 spiro atoms. The van der Waals surface area contributed by atoms with Crippen molar-refractivity contribution >= 4 is 17.5 Å².